The maximum Gasteiger partial charge on any atom is 0.115 e. The Morgan fingerprint density at radius 3 is 2.08 bits per heavy atom. The third-order valence-electron chi connectivity index (χ3n) is 2.77. The van der Waals surface area contributed by atoms with Crippen LogP contribution in [0.1, 0.15) is 0 Å². The van der Waals surface area contributed by atoms with Crippen molar-refractivity contribution in [3.8, 4) is 0 Å². The molecule has 0 bridgehead atoms. The highest BCUT2D eigenvalue weighted by molar-refractivity contribution is 6.21. The molecule has 3 fully saturated rings. The Labute approximate surface area is 74.0 Å². The summed E-state index contributed by atoms with van der Waals surface area (Å²) in [5.74, 6) is 0. The molecular formula is C7H9ClO4. The quantitative estimate of drug-likeness (QED) is 0.376. The Morgan fingerprint density at radius 2 is 1.33 bits per heavy atom. The van der Waals surface area contributed by atoms with E-state index in [1.807, 2.05) is 0 Å². The first kappa shape index (κ1) is 7.53. The monoisotopic (exact) mass is 192 g/mol. The van der Waals surface area contributed by atoms with Crippen LogP contribution >= 0.6 is 11.6 Å². The topological polar surface area (TPSA) is 65.5 Å². The third-order valence-corrected chi connectivity index (χ3v) is 3.28. The second-order valence-corrected chi connectivity index (χ2v) is 4.06. The number of alkyl halides is 1. The van der Waals surface area contributed by atoms with E-state index in [4.69, 9.17) is 21.1 Å². The van der Waals surface area contributed by atoms with Gasteiger partial charge in [-0.15, -0.1) is 11.6 Å². The van der Waals surface area contributed by atoms with Gasteiger partial charge in [0.25, 0.3) is 0 Å². The lowest BCUT2D eigenvalue weighted by atomic mass is 10.1. The second kappa shape index (κ2) is 2.13. The molecule has 2 saturated heterocycles. The van der Waals surface area contributed by atoms with Gasteiger partial charge in [0, 0.05) is 0 Å². The molecule has 5 heteroatoms. The largest absolute Gasteiger partial charge is 0.389 e. The number of halogens is 1. The van der Waals surface area contributed by atoms with Crippen molar-refractivity contribution in [1.82, 2.24) is 0 Å². The normalized spacial score (nSPS) is 67.8. The minimum atomic E-state index is -0.705. The predicted molar refractivity (Wildman–Crippen MR) is 39.0 cm³/mol. The molecule has 12 heavy (non-hydrogen) atoms. The van der Waals surface area contributed by atoms with E-state index in [0.717, 1.165) is 0 Å². The first-order chi connectivity index (χ1) is 5.70. The zero-order chi connectivity index (χ0) is 8.46. The van der Waals surface area contributed by atoms with Gasteiger partial charge in [-0.05, 0) is 0 Å². The molecule has 2 N–H and O–H groups in total. The first-order valence-corrected chi connectivity index (χ1v) is 4.45. The number of ether oxygens (including phenoxy) is 2. The lowest BCUT2D eigenvalue weighted by Crippen LogP contribution is -2.30. The predicted octanol–water partition coefficient (Wildman–Crippen LogP) is -1.14. The highest BCUT2D eigenvalue weighted by atomic mass is 35.5. The van der Waals surface area contributed by atoms with Crippen LogP contribution in [0.3, 0.4) is 0 Å². The summed E-state index contributed by atoms with van der Waals surface area (Å²) in [6.07, 6.45) is -2.27. The molecule has 3 aliphatic rings. The van der Waals surface area contributed by atoms with Gasteiger partial charge in [0.1, 0.15) is 36.6 Å². The van der Waals surface area contributed by atoms with E-state index in [2.05, 4.69) is 0 Å². The lowest BCUT2D eigenvalue weighted by molar-refractivity contribution is 0.103. The fourth-order valence-corrected chi connectivity index (χ4v) is 2.26. The maximum absolute atomic E-state index is 9.53. The van der Waals surface area contributed by atoms with E-state index in [1.165, 1.54) is 0 Å². The average Bonchev–Trinajstić information content (AvgIpc) is 2.91. The van der Waals surface area contributed by atoms with Crippen LogP contribution in [0.25, 0.3) is 0 Å². The molecular weight excluding hydrogens is 184 g/mol. The van der Waals surface area contributed by atoms with Crippen molar-refractivity contribution < 1.29 is 19.7 Å². The number of epoxide rings is 2. The molecule has 0 aromatic rings. The summed E-state index contributed by atoms with van der Waals surface area (Å²) >= 11 is 5.88. The number of hydrogen-bond donors (Lipinski definition) is 2. The summed E-state index contributed by atoms with van der Waals surface area (Å²) in [5.41, 5.74) is 0. The molecule has 3 rings (SSSR count). The third kappa shape index (κ3) is 0.818. The molecule has 1 saturated carbocycles. The first-order valence-electron chi connectivity index (χ1n) is 4.01. The van der Waals surface area contributed by atoms with E-state index in [1.54, 1.807) is 0 Å². The van der Waals surface area contributed by atoms with Gasteiger partial charge in [-0.1, -0.05) is 0 Å². The smallest absolute Gasteiger partial charge is 0.115 e. The van der Waals surface area contributed by atoms with Crippen LogP contribution in [-0.2, 0) is 9.47 Å². The summed E-state index contributed by atoms with van der Waals surface area (Å²) in [7, 11) is 0. The van der Waals surface area contributed by atoms with Crippen molar-refractivity contribution in [2.75, 3.05) is 0 Å². The van der Waals surface area contributed by atoms with E-state index < -0.39 is 17.6 Å². The van der Waals surface area contributed by atoms with Crippen molar-refractivity contribution in [3.05, 3.63) is 0 Å². The molecule has 0 aromatic heterocycles. The number of aliphatic hydroxyl groups is 2. The van der Waals surface area contributed by atoms with Gasteiger partial charge in [-0.2, -0.15) is 0 Å². The van der Waals surface area contributed by atoms with Gasteiger partial charge in [-0.3, -0.25) is 0 Å². The lowest BCUT2D eigenvalue weighted by Gasteiger charge is -2.10. The van der Waals surface area contributed by atoms with Gasteiger partial charge in [0.05, 0.1) is 5.38 Å². The Balaban J connectivity index is 1.87. The van der Waals surface area contributed by atoms with Crippen LogP contribution in [-0.4, -0.2) is 52.2 Å². The minimum absolute atomic E-state index is 0.187. The van der Waals surface area contributed by atoms with Crippen molar-refractivity contribution in [1.29, 1.82) is 0 Å². The number of rotatable bonds is 0. The standard InChI is InChI=1S/C7H9ClO4/c8-1-2(9)5-7(12-5)3(10)6-4(1)11-6/h1-7,9-10H/t1-,2-,3-,4+,5-,6-,7+/m1/s1. The van der Waals surface area contributed by atoms with Crippen LogP contribution in [0.5, 0.6) is 0 Å². The Hall–Kier alpha value is 0.130. The maximum atomic E-state index is 9.53. The average molecular weight is 193 g/mol. The number of aliphatic hydroxyl groups excluding tert-OH is 2. The van der Waals surface area contributed by atoms with E-state index in [0.29, 0.717) is 0 Å². The molecule has 7 atom stereocenters. The summed E-state index contributed by atoms with van der Waals surface area (Å²) < 4.78 is 10.2. The van der Waals surface area contributed by atoms with Gasteiger partial charge in [0.2, 0.25) is 0 Å². The molecule has 2 heterocycles. The van der Waals surface area contributed by atoms with Crippen molar-refractivity contribution in [3.63, 3.8) is 0 Å². The zero-order valence-corrected chi connectivity index (χ0v) is 6.89. The minimum Gasteiger partial charge on any atom is -0.389 e. The zero-order valence-electron chi connectivity index (χ0n) is 6.13. The molecule has 0 radical (unpaired) electrons. The van der Waals surface area contributed by atoms with Gasteiger partial charge in [-0.25, -0.2) is 0 Å². The van der Waals surface area contributed by atoms with Gasteiger partial charge in [0.15, 0.2) is 0 Å². The highest BCUT2D eigenvalue weighted by Crippen LogP contribution is 2.46. The second-order valence-electron chi connectivity index (χ2n) is 3.56. The van der Waals surface area contributed by atoms with Crippen LogP contribution in [0.4, 0.5) is 0 Å². The molecule has 0 aromatic carbocycles. The summed E-state index contributed by atoms with van der Waals surface area (Å²) in [6.45, 7) is 0. The molecule has 0 amide bonds. The summed E-state index contributed by atoms with van der Waals surface area (Å²) in [5, 5.41) is 18.6. The summed E-state index contributed by atoms with van der Waals surface area (Å²) in [4.78, 5) is 0. The highest BCUT2D eigenvalue weighted by Gasteiger charge is 2.65. The van der Waals surface area contributed by atoms with Crippen LogP contribution in [0, 0.1) is 0 Å². The van der Waals surface area contributed by atoms with Crippen LogP contribution in [0.15, 0.2) is 0 Å². The van der Waals surface area contributed by atoms with Crippen molar-refractivity contribution in [2.45, 2.75) is 42.0 Å². The fraction of sp³-hybridized carbons (Fsp3) is 1.00. The number of fused-ring (bicyclic) bond motifs is 2. The van der Waals surface area contributed by atoms with Crippen LogP contribution < -0.4 is 0 Å². The molecule has 0 spiro atoms. The number of hydrogen-bond acceptors (Lipinski definition) is 4. The van der Waals surface area contributed by atoms with E-state index in [-0.39, 0.29) is 24.4 Å². The Morgan fingerprint density at radius 1 is 0.833 bits per heavy atom. The van der Waals surface area contributed by atoms with Gasteiger partial charge >= 0.3 is 0 Å². The molecule has 1 aliphatic carbocycles. The SMILES string of the molecule is O[C@@H]1[C@@H](Cl)[C@@H]2O[C@@H]2[C@@H](O)[C@@H]2O[C@H]12. The van der Waals surface area contributed by atoms with Gasteiger partial charge < -0.3 is 19.7 Å². The Bertz CT molecular complexity index is 197. The molecule has 4 nitrogen and oxygen atoms in total. The van der Waals surface area contributed by atoms with Crippen LogP contribution in [0.2, 0.25) is 0 Å². The molecule has 2 aliphatic heterocycles. The van der Waals surface area contributed by atoms with E-state index in [9.17, 15) is 10.2 Å². The summed E-state index contributed by atoms with van der Waals surface area (Å²) in [6, 6.07) is 0. The fourth-order valence-electron chi connectivity index (χ4n) is 1.92. The molecule has 68 valence electrons. The van der Waals surface area contributed by atoms with Crippen molar-refractivity contribution in [2.24, 2.45) is 0 Å². The Kier molecular flexibility index (Phi) is 1.34. The van der Waals surface area contributed by atoms with E-state index >= 15 is 0 Å². The van der Waals surface area contributed by atoms with Crippen molar-refractivity contribution >= 4 is 11.6 Å². The molecule has 0 unspecified atom stereocenters.